The van der Waals surface area contributed by atoms with E-state index in [9.17, 15) is 9.90 Å². The van der Waals surface area contributed by atoms with Crippen molar-refractivity contribution in [3.8, 4) is 5.75 Å². The van der Waals surface area contributed by atoms with Crippen molar-refractivity contribution in [3.63, 3.8) is 0 Å². The van der Waals surface area contributed by atoms with Crippen molar-refractivity contribution in [1.82, 2.24) is 5.32 Å². The highest BCUT2D eigenvalue weighted by Crippen LogP contribution is 2.23. The predicted molar refractivity (Wildman–Crippen MR) is 72.4 cm³/mol. The van der Waals surface area contributed by atoms with Crippen molar-refractivity contribution >= 4 is 5.97 Å². The van der Waals surface area contributed by atoms with Crippen LogP contribution in [-0.4, -0.2) is 35.9 Å². The zero-order valence-corrected chi connectivity index (χ0v) is 11.6. The summed E-state index contributed by atoms with van der Waals surface area (Å²) in [5, 5.41) is 21.0. The van der Waals surface area contributed by atoms with Crippen molar-refractivity contribution in [1.29, 1.82) is 0 Å². The van der Waals surface area contributed by atoms with Gasteiger partial charge in [-0.3, -0.25) is 4.79 Å². The molecule has 0 aliphatic carbocycles. The van der Waals surface area contributed by atoms with E-state index in [1.165, 1.54) is 0 Å². The number of hydrogen-bond donors (Lipinski definition) is 3. The molecule has 1 unspecified atom stereocenters. The number of nitrogens with one attached hydrogen (secondary N) is 1. The number of aliphatic hydroxyl groups excluding tert-OH is 1. The van der Waals surface area contributed by atoms with Gasteiger partial charge in [0, 0.05) is 13.1 Å². The lowest BCUT2D eigenvalue weighted by molar-refractivity contribution is -0.139. The number of rotatable bonds is 7. The lowest BCUT2D eigenvalue weighted by Gasteiger charge is -2.14. The van der Waals surface area contributed by atoms with E-state index in [2.05, 4.69) is 5.32 Å². The summed E-state index contributed by atoms with van der Waals surface area (Å²) < 4.78 is 5.24. The molecule has 1 aromatic carbocycles. The van der Waals surface area contributed by atoms with Gasteiger partial charge >= 0.3 is 5.97 Å². The molecule has 1 atom stereocenters. The molecule has 1 aromatic rings. The van der Waals surface area contributed by atoms with Gasteiger partial charge in [0.2, 0.25) is 0 Å². The average molecular weight is 267 g/mol. The lowest BCUT2D eigenvalue weighted by atomic mass is 10.0. The molecule has 0 aromatic heterocycles. The van der Waals surface area contributed by atoms with Gasteiger partial charge in [-0.1, -0.05) is 6.07 Å². The summed E-state index contributed by atoms with van der Waals surface area (Å²) in [6, 6.07) is 3.88. The van der Waals surface area contributed by atoms with E-state index in [0.29, 0.717) is 6.54 Å². The van der Waals surface area contributed by atoms with Crippen molar-refractivity contribution < 1.29 is 19.7 Å². The molecule has 19 heavy (non-hydrogen) atoms. The summed E-state index contributed by atoms with van der Waals surface area (Å²) in [7, 11) is 1.64. The van der Waals surface area contributed by atoms with Crippen LogP contribution in [0.1, 0.15) is 23.1 Å². The van der Waals surface area contributed by atoms with Crippen LogP contribution in [0.4, 0.5) is 0 Å². The second-order valence-corrected chi connectivity index (χ2v) is 4.56. The molecule has 106 valence electrons. The Morgan fingerprint density at radius 1 is 1.37 bits per heavy atom. The minimum Gasteiger partial charge on any atom is -0.496 e. The first-order valence-corrected chi connectivity index (χ1v) is 6.19. The minimum absolute atomic E-state index is 0.242. The molecule has 5 nitrogen and oxygen atoms in total. The van der Waals surface area contributed by atoms with Crippen LogP contribution in [0.3, 0.4) is 0 Å². The molecular weight excluding hydrogens is 246 g/mol. The van der Waals surface area contributed by atoms with Crippen LogP contribution >= 0.6 is 0 Å². The maximum atomic E-state index is 10.4. The number of carbonyl (C=O) groups is 1. The van der Waals surface area contributed by atoms with Crippen LogP contribution in [0.2, 0.25) is 0 Å². The Labute approximate surface area is 113 Å². The van der Waals surface area contributed by atoms with Crippen LogP contribution in [0.25, 0.3) is 0 Å². The van der Waals surface area contributed by atoms with Crippen LogP contribution in [0, 0.1) is 13.8 Å². The summed E-state index contributed by atoms with van der Waals surface area (Å²) in [5.74, 6) is -0.141. The highest BCUT2D eigenvalue weighted by Gasteiger charge is 2.10. The van der Waals surface area contributed by atoms with Crippen molar-refractivity contribution in [2.45, 2.75) is 32.9 Å². The van der Waals surface area contributed by atoms with E-state index < -0.39 is 12.1 Å². The Balaban J connectivity index is 2.54. The van der Waals surface area contributed by atoms with E-state index in [1.54, 1.807) is 7.11 Å². The zero-order chi connectivity index (χ0) is 14.4. The number of carboxylic acid groups (broad SMARTS) is 1. The van der Waals surface area contributed by atoms with Crippen molar-refractivity contribution in [2.75, 3.05) is 13.7 Å². The largest absolute Gasteiger partial charge is 0.496 e. The fraction of sp³-hybridized carbons (Fsp3) is 0.500. The van der Waals surface area contributed by atoms with Crippen LogP contribution in [0.5, 0.6) is 5.75 Å². The summed E-state index contributed by atoms with van der Waals surface area (Å²) in [6.45, 7) is 4.86. The number of carboxylic acids is 1. The second-order valence-electron chi connectivity index (χ2n) is 4.56. The summed E-state index contributed by atoms with van der Waals surface area (Å²) in [4.78, 5) is 10.4. The van der Waals surface area contributed by atoms with Gasteiger partial charge in [-0.05, 0) is 36.6 Å². The molecule has 0 spiro atoms. The highest BCUT2D eigenvalue weighted by molar-refractivity contribution is 5.67. The number of ether oxygens (including phenoxy) is 1. The first kappa shape index (κ1) is 15.5. The van der Waals surface area contributed by atoms with Gasteiger partial charge in [-0.2, -0.15) is 0 Å². The summed E-state index contributed by atoms with van der Waals surface area (Å²) >= 11 is 0. The Bertz CT molecular complexity index is 445. The molecule has 1 rings (SSSR count). The van der Waals surface area contributed by atoms with Gasteiger partial charge in [0.25, 0.3) is 0 Å². The van der Waals surface area contributed by atoms with Gasteiger partial charge in [-0.15, -0.1) is 0 Å². The Morgan fingerprint density at radius 2 is 2.05 bits per heavy atom. The fourth-order valence-corrected chi connectivity index (χ4v) is 1.91. The molecule has 0 radical (unpaired) electrons. The van der Waals surface area contributed by atoms with Crippen LogP contribution in [-0.2, 0) is 11.3 Å². The van der Waals surface area contributed by atoms with Gasteiger partial charge in [-0.25, -0.2) is 0 Å². The second kappa shape index (κ2) is 7.11. The predicted octanol–water partition coefficient (Wildman–Crippen LogP) is 1.24. The standard InChI is InChI=1S/C14H21NO4/c1-9-10(2)13(19-3)5-4-11(9)7-15-8-12(16)6-14(17)18/h4-5,12,15-16H,6-8H2,1-3H3,(H,17,18). The maximum absolute atomic E-state index is 10.4. The number of hydrogen-bond acceptors (Lipinski definition) is 4. The third kappa shape index (κ3) is 4.54. The SMILES string of the molecule is COc1ccc(CNCC(O)CC(=O)O)c(C)c1C. The summed E-state index contributed by atoms with van der Waals surface area (Å²) in [5.41, 5.74) is 3.34. The van der Waals surface area contributed by atoms with Crippen molar-refractivity contribution in [2.24, 2.45) is 0 Å². The van der Waals surface area contributed by atoms with E-state index >= 15 is 0 Å². The fourth-order valence-electron chi connectivity index (χ4n) is 1.91. The smallest absolute Gasteiger partial charge is 0.306 e. The first-order valence-electron chi connectivity index (χ1n) is 6.19. The molecule has 0 heterocycles. The van der Waals surface area contributed by atoms with E-state index in [1.807, 2.05) is 26.0 Å². The number of benzene rings is 1. The first-order chi connectivity index (χ1) is 8.95. The van der Waals surface area contributed by atoms with Gasteiger partial charge in [0.1, 0.15) is 5.75 Å². The molecule has 0 fully saturated rings. The summed E-state index contributed by atoms with van der Waals surface area (Å²) in [6.07, 6.45) is -1.11. The normalized spacial score (nSPS) is 12.2. The van der Waals surface area contributed by atoms with Gasteiger partial charge in [0.15, 0.2) is 0 Å². The quantitative estimate of drug-likeness (QED) is 0.692. The van der Waals surface area contributed by atoms with Gasteiger partial charge < -0.3 is 20.3 Å². The van der Waals surface area contributed by atoms with E-state index in [-0.39, 0.29) is 13.0 Å². The molecule has 0 aliphatic rings. The molecule has 0 bridgehead atoms. The monoisotopic (exact) mass is 267 g/mol. The lowest BCUT2D eigenvalue weighted by Crippen LogP contribution is -2.28. The van der Waals surface area contributed by atoms with Crippen LogP contribution < -0.4 is 10.1 Å². The van der Waals surface area contributed by atoms with E-state index in [4.69, 9.17) is 9.84 Å². The highest BCUT2D eigenvalue weighted by atomic mass is 16.5. The van der Waals surface area contributed by atoms with Gasteiger partial charge in [0.05, 0.1) is 19.6 Å². The minimum atomic E-state index is -0.995. The van der Waals surface area contributed by atoms with Crippen molar-refractivity contribution in [3.05, 3.63) is 28.8 Å². The Kier molecular flexibility index (Phi) is 5.79. The molecule has 3 N–H and O–H groups in total. The molecule has 0 amide bonds. The molecule has 0 aliphatic heterocycles. The Morgan fingerprint density at radius 3 is 2.63 bits per heavy atom. The van der Waals surface area contributed by atoms with E-state index in [0.717, 1.165) is 22.4 Å². The molecule has 0 saturated heterocycles. The van der Waals surface area contributed by atoms with Crippen LogP contribution in [0.15, 0.2) is 12.1 Å². The number of aliphatic hydroxyl groups is 1. The third-order valence-electron chi connectivity index (χ3n) is 3.18. The average Bonchev–Trinajstić information content (AvgIpc) is 2.34. The molecular formula is C14H21NO4. The Hall–Kier alpha value is -1.59. The maximum Gasteiger partial charge on any atom is 0.306 e. The molecule has 5 heteroatoms. The zero-order valence-electron chi connectivity index (χ0n) is 11.6. The topological polar surface area (TPSA) is 78.8 Å². The third-order valence-corrected chi connectivity index (χ3v) is 3.18. The number of aliphatic carboxylic acids is 1. The number of methoxy groups -OCH3 is 1. The molecule has 0 saturated carbocycles.